The Kier molecular flexibility index (Phi) is 9.84. The molecule has 37 heavy (non-hydrogen) atoms. The van der Waals surface area contributed by atoms with Crippen LogP contribution in [-0.2, 0) is 0 Å². The normalized spacial score (nSPS) is 10.9. The standard InChI is InChI=1S/C33H31BrO3/c34-21-7-8-22-37-31-19-17-26(18-20-31)25-13-15-27(16-14-25)30(23-32(35)28-9-3-1-4-10-28)24-33(36)29-11-5-2-6-12-29/h1-6,9-20,30H,7-8,21-24H2. The topological polar surface area (TPSA) is 43.4 Å². The summed E-state index contributed by atoms with van der Waals surface area (Å²) in [7, 11) is 0. The molecule has 188 valence electrons. The Balaban J connectivity index is 1.49. The first kappa shape index (κ1) is 26.6. The first-order valence-electron chi connectivity index (χ1n) is 12.7. The van der Waals surface area contributed by atoms with Gasteiger partial charge in [0.05, 0.1) is 6.61 Å². The van der Waals surface area contributed by atoms with E-state index in [1.165, 1.54) is 0 Å². The highest BCUT2D eigenvalue weighted by molar-refractivity contribution is 9.09. The molecule has 3 nitrogen and oxygen atoms in total. The molecule has 0 fully saturated rings. The van der Waals surface area contributed by atoms with E-state index >= 15 is 0 Å². The fourth-order valence-electron chi connectivity index (χ4n) is 4.32. The van der Waals surface area contributed by atoms with E-state index in [-0.39, 0.29) is 30.3 Å². The molecule has 4 aromatic carbocycles. The molecule has 4 heteroatoms. The molecular formula is C33H31BrO3. The SMILES string of the molecule is O=C(CC(CC(=O)c1ccccc1)c1ccc(-c2ccc(OCCCCBr)cc2)cc1)c1ccccc1. The molecule has 0 amide bonds. The zero-order valence-electron chi connectivity index (χ0n) is 20.8. The number of ether oxygens (including phenoxy) is 1. The van der Waals surface area contributed by atoms with Gasteiger partial charge in [-0.1, -0.05) is 113 Å². The van der Waals surface area contributed by atoms with Crippen LogP contribution in [0, 0.1) is 0 Å². The Morgan fingerprint density at radius 1 is 0.622 bits per heavy atom. The zero-order valence-corrected chi connectivity index (χ0v) is 22.4. The van der Waals surface area contributed by atoms with Crippen LogP contribution >= 0.6 is 15.9 Å². The molecule has 0 aliphatic rings. The van der Waals surface area contributed by atoms with Gasteiger partial charge in [0.2, 0.25) is 0 Å². The van der Waals surface area contributed by atoms with Gasteiger partial charge >= 0.3 is 0 Å². The predicted octanol–water partition coefficient (Wildman–Crippen LogP) is 8.54. The Labute approximate surface area is 227 Å². The number of Topliss-reactive ketones (excluding diaryl/α,β-unsaturated/α-hetero) is 2. The van der Waals surface area contributed by atoms with Crippen LogP contribution in [0.3, 0.4) is 0 Å². The van der Waals surface area contributed by atoms with Crippen molar-refractivity contribution in [2.75, 3.05) is 11.9 Å². The lowest BCUT2D eigenvalue weighted by atomic mass is 9.85. The third-order valence-electron chi connectivity index (χ3n) is 6.42. The summed E-state index contributed by atoms with van der Waals surface area (Å²) in [6, 6.07) is 34.9. The molecular weight excluding hydrogens is 524 g/mol. The van der Waals surface area contributed by atoms with E-state index in [9.17, 15) is 9.59 Å². The van der Waals surface area contributed by atoms with Gasteiger partial charge in [0, 0.05) is 29.3 Å². The average Bonchev–Trinajstić information content (AvgIpc) is 2.96. The van der Waals surface area contributed by atoms with Gasteiger partial charge in [0.15, 0.2) is 11.6 Å². The number of carbonyl (C=O) groups excluding carboxylic acids is 2. The second-order valence-electron chi connectivity index (χ2n) is 9.07. The van der Waals surface area contributed by atoms with Crippen molar-refractivity contribution < 1.29 is 14.3 Å². The van der Waals surface area contributed by atoms with E-state index in [1.54, 1.807) is 0 Å². The minimum Gasteiger partial charge on any atom is -0.494 e. The summed E-state index contributed by atoms with van der Waals surface area (Å²) in [6.07, 6.45) is 2.68. The molecule has 0 spiro atoms. The number of halogens is 1. The maximum Gasteiger partial charge on any atom is 0.163 e. The molecule has 0 aliphatic carbocycles. The van der Waals surface area contributed by atoms with Gasteiger partial charge in [-0.3, -0.25) is 9.59 Å². The van der Waals surface area contributed by atoms with Crippen molar-refractivity contribution in [3.8, 4) is 16.9 Å². The molecule has 0 radical (unpaired) electrons. The number of hydrogen-bond donors (Lipinski definition) is 0. The van der Waals surface area contributed by atoms with Crippen molar-refractivity contribution in [1.29, 1.82) is 0 Å². The van der Waals surface area contributed by atoms with Gasteiger partial charge in [-0.05, 0) is 47.6 Å². The fraction of sp³-hybridized carbons (Fsp3) is 0.212. The fourth-order valence-corrected chi connectivity index (χ4v) is 4.71. The molecule has 4 aromatic rings. The Morgan fingerprint density at radius 3 is 1.59 bits per heavy atom. The van der Waals surface area contributed by atoms with Crippen LogP contribution in [0.1, 0.15) is 57.9 Å². The van der Waals surface area contributed by atoms with Crippen molar-refractivity contribution in [2.24, 2.45) is 0 Å². The Hall–Kier alpha value is -3.50. The highest BCUT2D eigenvalue weighted by Gasteiger charge is 2.21. The lowest BCUT2D eigenvalue weighted by Crippen LogP contribution is -2.12. The molecule has 0 N–H and O–H groups in total. The molecule has 0 heterocycles. The van der Waals surface area contributed by atoms with E-state index in [2.05, 4.69) is 40.2 Å². The smallest absolute Gasteiger partial charge is 0.163 e. The van der Waals surface area contributed by atoms with E-state index in [0.29, 0.717) is 17.7 Å². The van der Waals surface area contributed by atoms with Crippen LogP contribution in [0.15, 0.2) is 109 Å². The average molecular weight is 556 g/mol. The lowest BCUT2D eigenvalue weighted by Gasteiger charge is -2.17. The summed E-state index contributed by atoms with van der Waals surface area (Å²) >= 11 is 3.44. The number of ketones is 2. The van der Waals surface area contributed by atoms with Crippen molar-refractivity contribution in [3.63, 3.8) is 0 Å². The summed E-state index contributed by atoms with van der Waals surface area (Å²) in [4.78, 5) is 26.1. The summed E-state index contributed by atoms with van der Waals surface area (Å²) in [6.45, 7) is 0.713. The van der Waals surface area contributed by atoms with E-state index in [0.717, 1.165) is 40.6 Å². The highest BCUT2D eigenvalue weighted by Crippen LogP contribution is 2.30. The number of benzene rings is 4. The zero-order chi connectivity index (χ0) is 25.9. The molecule has 0 saturated carbocycles. The monoisotopic (exact) mass is 554 g/mol. The largest absolute Gasteiger partial charge is 0.494 e. The molecule has 0 aliphatic heterocycles. The Bertz CT molecular complexity index is 1210. The van der Waals surface area contributed by atoms with E-state index < -0.39 is 0 Å². The third kappa shape index (κ3) is 7.74. The minimum atomic E-state index is -0.204. The van der Waals surface area contributed by atoms with Crippen molar-refractivity contribution in [1.82, 2.24) is 0 Å². The quantitative estimate of drug-likeness (QED) is 0.0944. The molecule has 0 bridgehead atoms. The van der Waals surface area contributed by atoms with E-state index in [4.69, 9.17) is 4.74 Å². The number of unbranched alkanes of at least 4 members (excludes halogenated alkanes) is 1. The van der Waals surface area contributed by atoms with Crippen LogP contribution < -0.4 is 4.74 Å². The Morgan fingerprint density at radius 2 is 1.11 bits per heavy atom. The molecule has 4 rings (SSSR count). The van der Waals surface area contributed by atoms with Crippen molar-refractivity contribution in [2.45, 2.75) is 31.6 Å². The first-order valence-corrected chi connectivity index (χ1v) is 13.8. The maximum absolute atomic E-state index is 13.1. The second kappa shape index (κ2) is 13.7. The predicted molar refractivity (Wildman–Crippen MR) is 154 cm³/mol. The van der Waals surface area contributed by atoms with Crippen LogP contribution in [-0.4, -0.2) is 23.5 Å². The number of hydrogen-bond acceptors (Lipinski definition) is 3. The first-order chi connectivity index (χ1) is 18.1. The van der Waals surface area contributed by atoms with Gasteiger partial charge in [-0.25, -0.2) is 0 Å². The number of alkyl halides is 1. The lowest BCUT2D eigenvalue weighted by molar-refractivity contribution is 0.0944. The van der Waals surface area contributed by atoms with Gasteiger partial charge in [-0.15, -0.1) is 0 Å². The molecule has 0 atom stereocenters. The minimum absolute atomic E-state index is 0.0438. The highest BCUT2D eigenvalue weighted by atomic mass is 79.9. The molecule has 0 aromatic heterocycles. The van der Waals surface area contributed by atoms with Gasteiger partial charge in [-0.2, -0.15) is 0 Å². The van der Waals surface area contributed by atoms with Gasteiger partial charge < -0.3 is 4.74 Å². The summed E-state index contributed by atoms with van der Waals surface area (Å²) in [5.74, 6) is 0.753. The van der Waals surface area contributed by atoms with Crippen LogP contribution in [0.4, 0.5) is 0 Å². The maximum atomic E-state index is 13.1. The van der Waals surface area contributed by atoms with E-state index in [1.807, 2.05) is 84.9 Å². The van der Waals surface area contributed by atoms with Crippen LogP contribution in [0.25, 0.3) is 11.1 Å². The van der Waals surface area contributed by atoms with Crippen LogP contribution in [0.2, 0.25) is 0 Å². The van der Waals surface area contributed by atoms with Crippen LogP contribution in [0.5, 0.6) is 5.75 Å². The van der Waals surface area contributed by atoms with Crippen molar-refractivity contribution >= 4 is 27.5 Å². The summed E-state index contributed by atoms with van der Waals surface area (Å²) < 4.78 is 5.81. The molecule has 0 unspecified atom stereocenters. The third-order valence-corrected chi connectivity index (χ3v) is 6.98. The van der Waals surface area contributed by atoms with Crippen molar-refractivity contribution in [3.05, 3.63) is 126 Å². The van der Waals surface area contributed by atoms with Gasteiger partial charge in [0.25, 0.3) is 0 Å². The summed E-state index contributed by atoms with van der Waals surface area (Å²) in [5.41, 5.74) is 4.51. The number of carbonyl (C=O) groups is 2. The van der Waals surface area contributed by atoms with Gasteiger partial charge in [0.1, 0.15) is 5.75 Å². The number of rotatable bonds is 13. The second-order valence-corrected chi connectivity index (χ2v) is 9.87. The summed E-state index contributed by atoms with van der Waals surface area (Å²) in [5, 5.41) is 0.993. The molecule has 0 saturated heterocycles.